The molecule has 0 bridgehead atoms. The summed E-state index contributed by atoms with van der Waals surface area (Å²) in [5.74, 6) is 0.517. The largest absolute Gasteiger partial charge is 0.478 e. The first-order valence-corrected chi connectivity index (χ1v) is 9.11. The van der Waals surface area contributed by atoms with E-state index in [-0.39, 0.29) is 23.2 Å². The number of carbonyl (C=O) groups is 2. The SMILES string of the molecule is CCc1ccc(C2CCCCCN2C(=O)c2ccc(C(=O)O)c(C)n2)o1. The smallest absolute Gasteiger partial charge is 0.337 e. The minimum Gasteiger partial charge on any atom is -0.478 e. The number of nitrogens with zero attached hydrogens (tertiary/aromatic N) is 2. The number of hydrogen-bond donors (Lipinski definition) is 1. The number of carbonyl (C=O) groups excluding carboxylic acids is 1. The highest BCUT2D eigenvalue weighted by Gasteiger charge is 2.30. The van der Waals surface area contributed by atoms with E-state index in [0.29, 0.717) is 12.2 Å². The highest BCUT2D eigenvalue weighted by molar-refractivity contribution is 5.94. The monoisotopic (exact) mass is 356 g/mol. The summed E-state index contributed by atoms with van der Waals surface area (Å²) >= 11 is 0. The van der Waals surface area contributed by atoms with Crippen molar-refractivity contribution in [1.82, 2.24) is 9.88 Å². The molecule has 3 rings (SSSR count). The normalized spacial score (nSPS) is 17.8. The van der Waals surface area contributed by atoms with Crippen molar-refractivity contribution >= 4 is 11.9 Å². The van der Waals surface area contributed by atoms with Crippen LogP contribution in [0.4, 0.5) is 0 Å². The Morgan fingerprint density at radius 2 is 2.04 bits per heavy atom. The van der Waals surface area contributed by atoms with Crippen molar-refractivity contribution in [3.63, 3.8) is 0 Å². The summed E-state index contributed by atoms with van der Waals surface area (Å²) < 4.78 is 5.93. The lowest BCUT2D eigenvalue weighted by molar-refractivity contribution is 0.0646. The number of pyridine rings is 1. The van der Waals surface area contributed by atoms with Crippen LogP contribution in [-0.2, 0) is 6.42 Å². The van der Waals surface area contributed by atoms with Gasteiger partial charge in [-0.25, -0.2) is 9.78 Å². The zero-order valence-corrected chi connectivity index (χ0v) is 15.2. The molecular weight excluding hydrogens is 332 g/mol. The second-order valence-electron chi connectivity index (χ2n) is 6.66. The number of likely N-dealkylation sites (tertiary alicyclic amines) is 1. The Hall–Kier alpha value is -2.63. The van der Waals surface area contributed by atoms with Crippen molar-refractivity contribution in [2.75, 3.05) is 6.54 Å². The van der Waals surface area contributed by atoms with Gasteiger partial charge in [0.2, 0.25) is 0 Å². The quantitative estimate of drug-likeness (QED) is 0.895. The molecule has 2 aromatic rings. The van der Waals surface area contributed by atoms with E-state index in [9.17, 15) is 9.59 Å². The Morgan fingerprint density at radius 1 is 1.23 bits per heavy atom. The van der Waals surface area contributed by atoms with Gasteiger partial charge in [-0.15, -0.1) is 0 Å². The fourth-order valence-corrected chi connectivity index (χ4v) is 3.46. The van der Waals surface area contributed by atoms with Gasteiger partial charge in [-0.1, -0.05) is 19.8 Å². The van der Waals surface area contributed by atoms with E-state index < -0.39 is 5.97 Å². The number of aromatic nitrogens is 1. The molecule has 138 valence electrons. The molecule has 0 aromatic carbocycles. The Balaban J connectivity index is 1.91. The first-order valence-electron chi connectivity index (χ1n) is 9.11. The van der Waals surface area contributed by atoms with Crippen LogP contribution in [0.25, 0.3) is 0 Å². The zero-order valence-electron chi connectivity index (χ0n) is 15.2. The average molecular weight is 356 g/mol. The maximum atomic E-state index is 13.1. The van der Waals surface area contributed by atoms with E-state index in [1.807, 2.05) is 24.0 Å². The second kappa shape index (κ2) is 7.72. The fraction of sp³-hybridized carbons (Fsp3) is 0.450. The number of carboxylic acids is 1. The molecule has 0 radical (unpaired) electrons. The first kappa shape index (κ1) is 18.2. The van der Waals surface area contributed by atoms with Crippen LogP contribution in [0.3, 0.4) is 0 Å². The highest BCUT2D eigenvalue weighted by Crippen LogP contribution is 2.32. The van der Waals surface area contributed by atoms with Gasteiger partial charge in [0.05, 0.1) is 17.3 Å². The average Bonchev–Trinajstić information content (AvgIpc) is 2.97. The maximum Gasteiger partial charge on any atom is 0.337 e. The summed E-state index contributed by atoms with van der Waals surface area (Å²) in [4.78, 5) is 30.4. The van der Waals surface area contributed by atoms with Crippen LogP contribution < -0.4 is 0 Å². The fourth-order valence-electron chi connectivity index (χ4n) is 3.46. The number of rotatable bonds is 4. The summed E-state index contributed by atoms with van der Waals surface area (Å²) in [7, 11) is 0. The molecule has 6 heteroatoms. The molecule has 0 spiro atoms. The molecule has 1 unspecified atom stereocenters. The van der Waals surface area contributed by atoms with E-state index in [0.717, 1.165) is 43.6 Å². The minimum absolute atomic E-state index is 0.105. The van der Waals surface area contributed by atoms with Crippen LogP contribution in [0.15, 0.2) is 28.7 Å². The Bertz CT molecular complexity index is 812. The maximum absolute atomic E-state index is 13.1. The number of aromatic carboxylic acids is 1. The van der Waals surface area contributed by atoms with Gasteiger partial charge in [0, 0.05) is 13.0 Å². The van der Waals surface area contributed by atoms with Gasteiger partial charge in [0.25, 0.3) is 5.91 Å². The van der Waals surface area contributed by atoms with Gasteiger partial charge in [0.1, 0.15) is 17.2 Å². The van der Waals surface area contributed by atoms with Crippen LogP contribution in [0.1, 0.15) is 76.7 Å². The number of carboxylic acid groups (broad SMARTS) is 1. The first-order chi connectivity index (χ1) is 12.5. The lowest BCUT2D eigenvalue weighted by Crippen LogP contribution is -2.35. The third-order valence-electron chi connectivity index (χ3n) is 4.91. The molecule has 6 nitrogen and oxygen atoms in total. The molecule has 2 aromatic heterocycles. The summed E-state index contributed by atoms with van der Waals surface area (Å²) in [6, 6.07) is 6.77. The van der Waals surface area contributed by atoms with Gasteiger partial charge in [-0.05, 0) is 44.0 Å². The van der Waals surface area contributed by atoms with Crippen LogP contribution >= 0.6 is 0 Å². The molecular formula is C20H24N2O4. The van der Waals surface area contributed by atoms with Crippen LogP contribution in [0.2, 0.25) is 0 Å². The molecule has 1 aliphatic heterocycles. The summed E-state index contributed by atoms with van der Waals surface area (Å²) in [5.41, 5.74) is 0.746. The minimum atomic E-state index is -1.04. The van der Waals surface area contributed by atoms with Gasteiger partial charge in [0.15, 0.2) is 0 Å². The van der Waals surface area contributed by atoms with Crippen LogP contribution in [0.5, 0.6) is 0 Å². The zero-order chi connectivity index (χ0) is 18.7. The summed E-state index contributed by atoms with van der Waals surface area (Å²) in [5, 5.41) is 9.15. The molecule has 1 fully saturated rings. The third-order valence-corrected chi connectivity index (χ3v) is 4.91. The van der Waals surface area contributed by atoms with Crippen molar-refractivity contribution < 1.29 is 19.1 Å². The molecule has 0 saturated carbocycles. The van der Waals surface area contributed by atoms with Gasteiger partial charge < -0.3 is 14.4 Å². The molecule has 3 heterocycles. The predicted molar refractivity (Wildman–Crippen MR) is 96.3 cm³/mol. The van der Waals surface area contributed by atoms with Crippen molar-refractivity contribution in [3.8, 4) is 0 Å². The predicted octanol–water partition coefficient (Wildman–Crippen LogP) is 4.00. The molecule has 0 aliphatic carbocycles. The lowest BCUT2D eigenvalue weighted by Gasteiger charge is -2.28. The van der Waals surface area contributed by atoms with E-state index in [4.69, 9.17) is 9.52 Å². The van der Waals surface area contributed by atoms with Gasteiger partial charge in [-0.2, -0.15) is 0 Å². The van der Waals surface area contributed by atoms with Crippen molar-refractivity contribution in [1.29, 1.82) is 0 Å². The number of hydrogen-bond acceptors (Lipinski definition) is 4. The lowest BCUT2D eigenvalue weighted by atomic mass is 10.1. The highest BCUT2D eigenvalue weighted by atomic mass is 16.4. The van der Waals surface area contributed by atoms with Gasteiger partial charge >= 0.3 is 5.97 Å². The van der Waals surface area contributed by atoms with E-state index >= 15 is 0 Å². The molecule has 1 atom stereocenters. The summed E-state index contributed by atoms with van der Waals surface area (Å²) in [6.07, 6.45) is 4.73. The number of furan rings is 1. The molecule has 1 saturated heterocycles. The molecule has 26 heavy (non-hydrogen) atoms. The van der Waals surface area contributed by atoms with Crippen molar-refractivity contribution in [2.45, 2.75) is 52.0 Å². The topological polar surface area (TPSA) is 83.6 Å². The Labute approximate surface area is 152 Å². The molecule has 1 amide bonds. The van der Waals surface area contributed by atoms with Crippen molar-refractivity contribution in [3.05, 3.63) is 52.7 Å². The third kappa shape index (κ3) is 3.64. The number of aryl methyl sites for hydroxylation is 2. The summed E-state index contributed by atoms with van der Waals surface area (Å²) in [6.45, 7) is 4.29. The molecule has 1 N–H and O–H groups in total. The Kier molecular flexibility index (Phi) is 5.40. The van der Waals surface area contributed by atoms with Crippen molar-refractivity contribution in [2.24, 2.45) is 0 Å². The van der Waals surface area contributed by atoms with E-state index in [1.54, 1.807) is 6.92 Å². The number of amides is 1. The second-order valence-corrected chi connectivity index (χ2v) is 6.66. The van der Waals surface area contributed by atoms with E-state index in [1.165, 1.54) is 12.1 Å². The van der Waals surface area contributed by atoms with Crippen LogP contribution in [0, 0.1) is 6.92 Å². The van der Waals surface area contributed by atoms with Gasteiger partial charge in [-0.3, -0.25) is 4.79 Å². The standard InChI is InChI=1S/C20H24N2O4/c1-3-14-8-11-18(26-14)17-7-5-4-6-12-22(17)19(23)16-10-9-15(20(24)25)13(2)21-16/h8-11,17H,3-7,12H2,1-2H3,(H,24,25). The van der Waals surface area contributed by atoms with E-state index in [2.05, 4.69) is 4.98 Å². The Morgan fingerprint density at radius 3 is 2.69 bits per heavy atom. The van der Waals surface area contributed by atoms with Crippen LogP contribution in [-0.4, -0.2) is 33.4 Å². The molecule has 1 aliphatic rings.